The van der Waals surface area contributed by atoms with Gasteiger partial charge in [0.2, 0.25) is 0 Å². The van der Waals surface area contributed by atoms with E-state index in [2.05, 4.69) is 4.99 Å². The molecule has 21 heavy (non-hydrogen) atoms. The van der Waals surface area contributed by atoms with Crippen molar-refractivity contribution in [3.05, 3.63) is 29.8 Å². The summed E-state index contributed by atoms with van der Waals surface area (Å²) in [6, 6.07) is 4.39. The summed E-state index contributed by atoms with van der Waals surface area (Å²) >= 11 is 0. The number of rotatable bonds is 6. The van der Waals surface area contributed by atoms with Crippen LogP contribution in [0.2, 0.25) is 0 Å². The molecule has 6 nitrogen and oxygen atoms in total. The normalized spacial score (nSPS) is 12.2. The second-order valence-electron chi connectivity index (χ2n) is 4.16. The van der Waals surface area contributed by atoms with Crippen molar-refractivity contribution in [2.45, 2.75) is 26.3 Å². The van der Waals surface area contributed by atoms with Gasteiger partial charge in [0.25, 0.3) is 0 Å². The van der Waals surface area contributed by atoms with Crippen molar-refractivity contribution in [3.63, 3.8) is 0 Å². The summed E-state index contributed by atoms with van der Waals surface area (Å²) in [5.74, 6) is -1.81. The predicted octanol–water partition coefficient (Wildman–Crippen LogP) is -2.40. The van der Waals surface area contributed by atoms with Gasteiger partial charge in [0.15, 0.2) is 0 Å². The number of hydrogen-bond donors (Lipinski definition) is 1. The number of esters is 1. The zero-order valence-electron chi connectivity index (χ0n) is 12.3. The van der Waals surface area contributed by atoms with Crippen molar-refractivity contribution in [2.75, 3.05) is 6.61 Å². The molecule has 1 rings (SSSR count). The van der Waals surface area contributed by atoms with Crippen LogP contribution in [0.15, 0.2) is 29.3 Å². The third kappa shape index (κ3) is 7.19. The van der Waals surface area contributed by atoms with Gasteiger partial charge in [-0.15, -0.1) is 0 Å². The SMILES string of the molecule is CCOC(=O)CC(C)=NC(C(=O)[O-])c1ccc(O)cc1.[K+]. The van der Waals surface area contributed by atoms with E-state index in [0.29, 0.717) is 11.3 Å². The third-order valence-corrected chi connectivity index (χ3v) is 2.49. The standard InChI is InChI=1S/C14H17NO5.K/c1-3-20-12(17)8-9(2)15-13(14(18)19)10-4-6-11(16)7-5-10;/h4-7,13,16H,3,8H2,1-2H3,(H,18,19);/q;+1/p-1. The topological polar surface area (TPSA) is 99.0 Å². The number of benzene rings is 1. The van der Waals surface area contributed by atoms with Crippen molar-refractivity contribution in [1.82, 2.24) is 0 Å². The molecule has 0 bridgehead atoms. The van der Waals surface area contributed by atoms with Crippen molar-refractivity contribution >= 4 is 17.7 Å². The van der Waals surface area contributed by atoms with Crippen molar-refractivity contribution in [3.8, 4) is 5.75 Å². The number of carbonyl (C=O) groups is 2. The smallest absolute Gasteiger partial charge is 0.547 e. The van der Waals surface area contributed by atoms with Crippen LogP contribution in [-0.4, -0.2) is 29.4 Å². The molecule has 1 aromatic rings. The van der Waals surface area contributed by atoms with E-state index in [9.17, 15) is 19.8 Å². The molecule has 0 aliphatic carbocycles. The van der Waals surface area contributed by atoms with Gasteiger partial charge in [-0.05, 0) is 31.5 Å². The molecular weight excluding hydrogens is 301 g/mol. The van der Waals surface area contributed by atoms with Crippen LogP contribution in [0.4, 0.5) is 0 Å². The molecule has 1 atom stereocenters. The molecule has 0 aliphatic heterocycles. The molecule has 0 amide bonds. The number of aliphatic imine (C=N–C) groups is 1. The quantitative estimate of drug-likeness (QED) is 0.358. The van der Waals surface area contributed by atoms with Crippen molar-refractivity contribution in [1.29, 1.82) is 0 Å². The maximum Gasteiger partial charge on any atom is 1.00 e. The van der Waals surface area contributed by atoms with E-state index in [1.807, 2.05) is 0 Å². The first-order valence-electron chi connectivity index (χ1n) is 6.12. The van der Waals surface area contributed by atoms with Crippen LogP contribution in [0, 0.1) is 0 Å². The van der Waals surface area contributed by atoms with E-state index in [-0.39, 0.29) is 70.2 Å². The van der Waals surface area contributed by atoms with Gasteiger partial charge in [0.05, 0.1) is 19.0 Å². The molecule has 1 aromatic carbocycles. The molecule has 0 aliphatic rings. The fraction of sp³-hybridized carbons (Fsp3) is 0.357. The number of nitrogens with zero attached hydrogens (tertiary/aromatic N) is 1. The minimum atomic E-state index is -1.38. The number of aromatic hydroxyl groups is 1. The first-order valence-corrected chi connectivity index (χ1v) is 6.12. The third-order valence-electron chi connectivity index (χ3n) is 2.49. The maximum atomic E-state index is 11.3. The van der Waals surface area contributed by atoms with Crippen LogP contribution >= 0.6 is 0 Å². The molecule has 0 saturated carbocycles. The number of hydrogen-bond acceptors (Lipinski definition) is 6. The Morgan fingerprint density at radius 1 is 1.33 bits per heavy atom. The summed E-state index contributed by atoms with van der Waals surface area (Å²) in [6.07, 6.45) is -0.0737. The Kier molecular flexibility index (Phi) is 9.72. The van der Waals surface area contributed by atoms with Gasteiger partial charge in [0.1, 0.15) is 11.8 Å². The van der Waals surface area contributed by atoms with E-state index in [4.69, 9.17) is 4.74 Å². The van der Waals surface area contributed by atoms with Crippen molar-refractivity contribution < 1.29 is 75.9 Å². The zero-order chi connectivity index (χ0) is 15.1. The Hall–Kier alpha value is -0.734. The van der Waals surface area contributed by atoms with E-state index >= 15 is 0 Å². The summed E-state index contributed by atoms with van der Waals surface area (Å²) in [4.78, 5) is 26.4. The van der Waals surface area contributed by atoms with Gasteiger partial charge in [-0.1, -0.05) is 12.1 Å². The van der Waals surface area contributed by atoms with Gasteiger partial charge >= 0.3 is 57.4 Å². The van der Waals surface area contributed by atoms with Gasteiger partial charge in [-0.2, -0.15) is 0 Å². The first kappa shape index (κ1) is 20.3. The van der Waals surface area contributed by atoms with E-state index < -0.39 is 18.0 Å². The fourth-order valence-corrected chi connectivity index (χ4v) is 1.61. The van der Waals surface area contributed by atoms with E-state index in [0.717, 1.165) is 0 Å². The second-order valence-corrected chi connectivity index (χ2v) is 4.16. The van der Waals surface area contributed by atoms with Gasteiger partial charge in [0, 0.05) is 5.71 Å². The number of aliphatic carboxylic acids is 1. The van der Waals surface area contributed by atoms with Crippen LogP contribution in [0.25, 0.3) is 0 Å². The molecule has 0 spiro atoms. The molecule has 0 radical (unpaired) electrons. The zero-order valence-corrected chi connectivity index (χ0v) is 15.5. The second kappa shape index (κ2) is 10.1. The largest absolute Gasteiger partial charge is 1.00 e. The number of phenolic OH excluding ortho intramolecular Hbond substituents is 1. The molecular formula is C14H16KNO5. The molecule has 1 unspecified atom stereocenters. The molecule has 7 heteroatoms. The van der Waals surface area contributed by atoms with Crippen LogP contribution in [0.5, 0.6) is 5.75 Å². The molecule has 108 valence electrons. The summed E-state index contributed by atoms with van der Waals surface area (Å²) in [6.45, 7) is 3.49. The molecule has 0 aromatic heterocycles. The molecule has 1 N–H and O–H groups in total. The Bertz CT molecular complexity index is 513. The first-order chi connectivity index (χ1) is 9.43. The Balaban J connectivity index is 0.00000400. The van der Waals surface area contributed by atoms with Gasteiger partial charge in [-0.3, -0.25) is 9.79 Å². The van der Waals surface area contributed by atoms with Crippen LogP contribution in [-0.2, 0) is 14.3 Å². The minimum Gasteiger partial charge on any atom is -0.547 e. The van der Waals surface area contributed by atoms with E-state index in [1.54, 1.807) is 13.8 Å². The Morgan fingerprint density at radius 3 is 2.38 bits per heavy atom. The van der Waals surface area contributed by atoms with Crippen molar-refractivity contribution in [2.24, 2.45) is 4.99 Å². The maximum absolute atomic E-state index is 11.3. The number of carboxylic acids is 1. The average molecular weight is 317 g/mol. The number of ether oxygens (including phenoxy) is 1. The van der Waals surface area contributed by atoms with Gasteiger partial charge in [-0.25, -0.2) is 0 Å². The van der Waals surface area contributed by atoms with E-state index in [1.165, 1.54) is 24.3 Å². The molecule has 0 fully saturated rings. The summed E-state index contributed by atoms with van der Waals surface area (Å²) in [5, 5.41) is 20.3. The summed E-state index contributed by atoms with van der Waals surface area (Å²) < 4.78 is 4.76. The Labute approximate surface area is 165 Å². The monoisotopic (exact) mass is 317 g/mol. The van der Waals surface area contributed by atoms with Gasteiger partial charge < -0.3 is 19.7 Å². The molecule has 0 heterocycles. The fourth-order valence-electron chi connectivity index (χ4n) is 1.61. The number of phenols is 1. The molecule has 0 saturated heterocycles. The Morgan fingerprint density at radius 2 is 1.90 bits per heavy atom. The van der Waals surface area contributed by atoms with Crippen LogP contribution in [0.3, 0.4) is 0 Å². The van der Waals surface area contributed by atoms with Crippen LogP contribution < -0.4 is 56.5 Å². The summed E-state index contributed by atoms with van der Waals surface area (Å²) in [5.41, 5.74) is 0.705. The number of carbonyl (C=O) groups excluding carboxylic acids is 2. The predicted molar refractivity (Wildman–Crippen MR) is 70.2 cm³/mol. The number of carboxylic acid groups (broad SMARTS) is 1. The van der Waals surface area contributed by atoms with Crippen LogP contribution in [0.1, 0.15) is 31.9 Å². The average Bonchev–Trinajstić information content (AvgIpc) is 2.37. The summed E-state index contributed by atoms with van der Waals surface area (Å²) in [7, 11) is 0. The minimum absolute atomic E-state index is 0.